The zero-order valence-corrected chi connectivity index (χ0v) is 17.4. The summed E-state index contributed by atoms with van der Waals surface area (Å²) < 4.78 is 27.3. The number of anilines is 1. The number of hydrogen-bond donors (Lipinski definition) is 1. The quantitative estimate of drug-likeness (QED) is 0.673. The van der Waals surface area contributed by atoms with Gasteiger partial charge in [-0.25, -0.2) is 13.4 Å². The molecule has 1 saturated heterocycles. The first kappa shape index (κ1) is 19.7. The van der Waals surface area contributed by atoms with Gasteiger partial charge in [0.1, 0.15) is 11.7 Å². The molecule has 3 aromatic rings. The SMILES string of the molecule is Cc1ccc(S(=O)(=O)N2CCCC2C(=O)Nc2nc(-c3ccccn3)cs2)cc1. The van der Waals surface area contributed by atoms with Crippen molar-refractivity contribution in [1.82, 2.24) is 14.3 Å². The lowest BCUT2D eigenvalue weighted by Gasteiger charge is -2.23. The van der Waals surface area contributed by atoms with Crippen molar-refractivity contribution in [2.24, 2.45) is 0 Å². The molecule has 150 valence electrons. The monoisotopic (exact) mass is 428 g/mol. The number of carbonyl (C=O) groups is 1. The Kier molecular flexibility index (Phi) is 5.44. The standard InChI is InChI=1S/C20H20N4O3S2/c1-14-7-9-15(10-8-14)29(26,27)24-12-4-6-18(24)19(25)23-20-22-17(13-28-20)16-5-2-3-11-21-16/h2-3,5,7-11,13,18H,4,6,12H2,1H3,(H,22,23,25). The Morgan fingerprint density at radius 2 is 1.97 bits per heavy atom. The van der Waals surface area contributed by atoms with Crippen LogP contribution in [0.15, 0.2) is 58.9 Å². The van der Waals surface area contributed by atoms with Crippen LogP contribution in [0, 0.1) is 6.92 Å². The molecule has 1 aromatic carbocycles. The minimum Gasteiger partial charge on any atom is -0.301 e. The zero-order chi connectivity index (χ0) is 20.4. The molecule has 1 atom stereocenters. The van der Waals surface area contributed by atoms with E-state index in [-0.39, 0.29) is 10.8 Å². The smallest absolute Gasteiger partial charge is 0.244 e. The fraction of sp³-hybridized carbons (Fsp3) is 0.250. The maximum absolute atomic E-state index is 13.0. The van der Waals surface area contributed by atoms with E-state index in [9.17, 15) is 13.2 Å². The lowest BCUT2D eigenvalue weighted by Crippen LogP contribution is -2.43. The van der Waals surface area contributed by atoms with Gasteiger partial charge in [-0.3, -0.25) is 9.78 Å². The molecular weight excluding hydrogens is 408 g/mol. The Labute approximate surface area is 173 Å². The largest absolute Gasteiger partial charge is 0.301 e. The third-order valence-corrected chi connectivity index (χ3v) is 7.48. The molecule has 0 bridgehead atoms. The molecule has 1 fully saturated rings. The number of carbonyl (C=O) groups excluding carboxylic acids is 1. The molecule has 1 aliphatic rings. The second kappa shape index (κ2) is 8.02. The number of aryl methyl sites for hydroxylation is 1. The van der Waals surface area contributed by atoms with Gasteiger partial charge in [-0.1, -0.05) is 23.8 Å². The van der Waals surface area contributed by atoms with Crippen LogP contribution in [0.4, 0.5) is 5.13 Å². The Bertz CT molecular complexity index is 1110. The number of hydrogen-bond acceptors (Lipinski definition) is 6. The van der Waals surface area contributed by atoms with Crippen molar-refractivity contribution in [1.29, 1.82) is 0 Å². The van der Waals surface area contributed by atoms with Gasteiger partial charge in [0.25, 0.3) is 0 Å². The summed E-state index contributed by atoms with van der Waals surface area (Å²) >= 11 is 1.29. The lowest BCUT2D eigenvalue weighted by atomic mass is 10.2. The van der Waals surface area contributed by atoms with Crippen molar-refractivity contribution in [2.75, 3.05) is 11.9 Å². The number of sulfonamides is 1. The van der Waals surface area contributed by atoms with Gasteiger partial charge >= 0.3 is 0 Å². The number of thiazole rings is 1. The normalized spacial score (nSPS) is 17.3. The van der Waals surface area contributed by atoms with Gasteiger partial charge in [0.2, 0.25) is 15.9 Å². The van der Waals surface area contributed by atoms with Crippen LogP contribution in [0.1, 0.15) is 18.4 Å². The van der Waals surface area contributed by atoms with Crippen molar-refractivity contribution >= 4 is 32.4 Å². The van der Waals surface area contributed by atoms with E-state index in [1.165, 1.54) is 15.6 Å². The second-order valence-electron chi connectivity index (χ2n) is 6.83. The van der Waals surface area contributed by atoms with E-state index >= 15 is 0 Å². The molecule has 1 amide bonds. The molecular formula is C20H20N4O3S2. The van der Waals surface area contributed by atoms with E-state index < -0.39 is 16.1 Å². The van der Waals surface area contributed by atoms with Crippen molar-refractivity contribution in [3.8, 4) is 11.4 Å². The molecule has 0 spiro atoms. The number of rotatable bonds is 5. The van der Waals surface area contributed by atoms with Crippen molar-refractivity contribution in [2.45, 2.75) is 30.7 Å². The van der Waals surface area contributed by atoms with Crippen molar-refractivity contribution in [3.05, 3.63) is 59.6 Å². The molecule has 1 aliphatic heterocycles. The summed E-state index contributed by atoms with van der Waals surface area (Å²) in [5.41, 5.74) is 2.36. The van der Waals surface area contributed by atoms with Crippen LogP contribution in [0.3, 0.4) is 0 Å². The summed E-state index contributed by atoms with van der Waals surface area (Å²) in [5, 5.41) is 5.01. The summed E-state index contributed by atoms with van der Waals surface area (Å²) in [6.07, 6.45) is 2.80. The average Bonchev–Trinajstić information content (AvgIpc) is 3.39. The van der Waals surface area contributed by atoms with Gasteiger partial charge in [-0.2, -0.15) is 4.31 Å². The van der Waals surface area contributed by atoms with Gasteiger partial charge in [0.15, 0.2) is 5.13 Å². The number of nitrogens with zero attached hydrogens (tertiary/aromatic N) is 3. The molecule has 1 unspecified atom stereocenters. The molecule has 7 nitrogen and oxygen atoms in total. The maximum atomic E-state index is 13.0. The van der Waals surface area contributed by atoms with Gasteiger partial charge in [-0.15, -0.1) is 11.3 Å². The van der Waals surface area contributed by atoms with E-state index in [1.807, 2.05) is 30.5 Å². The van der Waals surface area contributed by atoms with E-state index in [4.69, 9.17) is 0 Å². The van der Waals surface area contributed by atoms with Crippen molar-refractivity contribution in [3.63, 3.8) is 0 Å². The predicted molar refractivity (Wildman–Crippen MR) is 112 cm³/mol. The third-order valence-electron chi connectivity index (χ3n) is 4.80. The second-order valence-corrected chi connectivity index (χ2v) is 9.58. The number of amides is 1. The van der Waals surface area contributed by atoms with Crippen LogP contribution in [0.5, 0.6) is 0 Å². The van der Waals surface area contributed by atoms with E-state index in [0.29, 0.717) is 35.9 Å². The number of nitrogens with one attached hydrogen (secondary N) is 1. The highest BCUT2D eigenvalue weighted by atomic mass is 32.2. The summed E-state index contributed by atoms with van der Waals surface area (Å²) in [6.45, 7) is 2.22. The summed E-state index contributed by atoms with van der Waals surface area (Å²) in [4.78, 5) is 21.7. The van der Waals surface area contributed by atoms with Gasteiger partial charge < -0.3 is 5.32 Å². The Morgan fingerprint density at radius 1 is 1.17 bits per heavy atom. The van der Waals surface area contributed by atoms with Gasteiger partial charge in [0.05, 0.1) is 10.6 Å². The number of aromatic nitrogens is 2. The lowest BCUT2D eigenvalue weighted by molar-refractivity contribution is -0.119. The molecule has 0 radical (unpaired) electrons. The first-order chi connectivity index (χ1) is 13.9. The van der Waals surface area contributed by atoms with E-state index in [0.717, 1.165) is 5.56 Å². The third kappa shape index (κ3) is 4.07. The van der Waals surface area contributed by atoms with E-state index in [2.05, 4.69) is 15.3 Å². The Balaban J connectivity index is 1.51. The molecule has 29 heavy (non-hydrogen) atoms. The van der Waals surface area contributed by atoms with Crippen LogP contribution >= 0.6 is 11.3 Å². The first-order valence-corrected chi connectivity index (χ1v) is 11.5. The van der Waals surface area contributed by atoms with Gasteiger partial charge in [0, 0.05) is 18.1 Å². The fourth-order valence-electron chi connectivity index (χ4n) is 3.29. The molecule has 1 N–H and O–H groups in total. The van der Waals surface area contributed by atoms with Crippen LogP contribution in [0.25, 0.3) is 11.4 Å². The summed E-state index contributed by atoms with van der Waals surface area (Å²) in [5.74, 6) is -0.361. The minimum atomic E-state index is -3.73. The minimum absolute atomic E-state index is 0.203. The van der Waals surface area contributed by atoms with Crippen molar-refractivity contribution < 1.29 is 13.2 Å². The highest BCUT2D eigenvalue weighted by Crippen LogP contribution is 2.28. The zero-order valence-electron chi connectivity index (χ0n) is 15.8. The first-order valence-electron chi connectivity index (χ1n) is 9.21. The summed E-state index contributed by atoms with van der Waals surface area (Å²) in [6, 6.07) is 11.5. The predicted octanol–water partition coefficient (Wildman–Crippen LogP) is 3.31. The highest BCUT2D eigenvalue weighted by Gasteiger charge is 2.39. The molecule has 2 aromatic heterocycles. The Morgan fingerprint density at radius 3 is 2.69 bits per heavy atom. The Hall–Kier alpha value is -2.62. The van der Waals surface area contributed by atoms with Crippen LogP contribution in [-0.2, 0) is 14.8 Å². The maximum Gasteiger partial charge on any atom is 0.244 e. The van der Waals surface area contributed by atoms with Crippen LogP contribution in [-0.4, -0.2) is 41.2 Å². The number of benzene rings is 1. The van der Waals surface area contributed by atoms with Crippen LogP contribution < -0.4 is 5.32 Å². The molecule has 4 rings (SSSR count). The average molecular weight is 429 g/mol. The van der Waals surface area contributed by atoms with Gasteiger partial charge in [-0.05, 0) is 44.0 Å². The summed E-state index contributed by atoms with van der Waals surface area (Å²) in [7, 11) is -3.73. The fourth-order valence-corrected chi connectivity index (χ4v) is 5.65. The molecule has 3 heterocycles. The topological polar surface area (TPSA) is 92.3 Å². The molecule has 9 heteroatoms. The van der Waals surface area contributed by atoms with Crippen LogP contribution in [0.2, 0.25) is 0 Å². The highest BCUT2D eigenvalue weighted by molar-refractivity contribution is 7.89. The number of pyridine rings is 1. The molecule has 0 saturated carbocycles. The van der Waals surface area contributed by atoms with E-state index in [1.54, 1.807) is 30.5 Å². The molecule has 0 aliphatic carbocycles.